The minimum Gasteiger partial charge on any atom is -0.480 e. The smallest absolute Gasteiger partial charge is 0.323 e. The summed E-state index contributed by atoms with van der Waals surface area (Å²) in [7, 11) is 0. The van der Waals surface area contributed by atoms with E-state index in [2.05, 4.69) is 17.8 Å². The minimum absolute atomic E-state index is 0.0705. The van der Waals surface area contributed by atoms with Crippen molar-refractivity contribution in [2.45, 2.75) is 0 Å². The molecule has 2 amide bonds. The lowest BCUT2D eigenvalue weighted by Gasteiger charge is -2.18. The van der Waals surface area contributed by atoms with Crippen LogP contribution in [0.5, 0.6) is 0 Å². The predicted molar refractivity (Wildman–Crippen MR) is 56.4 cm³/mol. The van der Waals surface area contributed by atoms with Crippen LogP contribution in [-0.4, -0.2) is 41.6 Å². The zero-order valence-electron chi connectivity index (χ0n) is 7.99. The summed E-state index contributed by atoms with van der Waals surface area (Å²) < 4.78 is 0. The number of nitrogens with one attached hydrogen (secondary N) is 1. The van der Waals surface area contributed by atoms with E-state index in [9.17, 15) is 9.59 Å². The molecule has 0 fully saturated rings. The van der Waals surface area contributed by atoms with Crippen LogP contribution < -0.4 is 5.32 Å². The Morgan fingerprint density at radius 1 is 1.60 bits per heavy atom. The van der Waals surface area contributed by atoms with Crippen molar-refractivity contribution in [1.82, 2.24) is 10.2 Å². The predicted octanol–water partition coefficient (Wildman–Crippen LogP) is 0.468. The third kappa shape index (κ3) is 6.41. The van der Waals surface area contributed by atoms with E-state index in [1.54, 1.807) is 0 Å². The van der Waals surface area contributed by atoms with Gasteiger partial charge in [-0.15, -0.1) is 6.42 Å². The van der Waals surface area contributed by atoms with Crippen molar-refractivity contribution >= 4 is 23.6 Å². The summed E-state index contributed by atoms with van der Waals surface area (Å²) in [6, 6.07) is -0.586. The minimum atomic E-state index is -1.13. The second kappa shape index (κ2) is 6.74. The van der Waals surface area contributed by atoms with Crippen LogP contribution in [0.4, 0.5) is 4.79 Å². The SMILES string of the molecule is C#CCN(CC(=O)O)C(=O)NCC(=C)Cl. The Labute approximate surface area is 92.7 Å². The molecule has 15 heavy (non-hydrogen) atoms. The molecule has 82 valence electrons. The number of hydrogen-bond donors (Lipinski definition) is 2. The molecular formula is C9H11ClN2O3. The first-order valence-electron chi connectivity index (χ1n) is 3.98. The standard InChI is InChI=1S/C9H11ClN2O3/c1-3-4-12(6-8(13)14)9(15)11-5-7(2)10/h1H,2,4-6H2,(H,11,15)(H,13,14). The Bertz CT molecular complexity index is 309. The third-order valence-corrected chi connectivity index (χ3v) is 1.46. The summed E-state index contributed by atoms with van der Waals surface area (Å²) in [6.07, 6.45) is 4.99. The van der Waals surface area contributed by atoms with Gasteiger partial charge < -0.3 is 15.3 Å². The highest BCUT2D eigenvalue weighted by atomic mass is 35.5. The summed E-state index contributed by atoms with van der Waals surface area (Å²) in [6.45, 7) is 2.91. The Balaban J connectivity index is 4.23. The fraction of sp³-hybridized carbons (Fsp3) is 0.333. The average molecular weight is 231 g/mol. The van der Waals surface area contributed by atoms with Gasteiger partial charge in [0.25, 0.3) is 0 Å². The van der Waals surface area contributed by atoms with Crippen molar-refractivity contribution in [1.29, 1.82) is 0 Å². The van der Waals surface area contributed by atoms with Gasteiger partial charge in [0.2, 0.25) is 0 Å². The highest BCUT2D eigenvalue weighted by Crippen LogP contribution is 1.94. The maximum atomic E-state index is 11.3. The second-order valence-corrected chi connectivity index (χ2v) is 3.16. The molecule has 0 saturated carbocycles. The molecule has 0 unspecified atom stereocenters. The molecule has 0 aromatic rings. The lowest BCUT2D eigenvalue weighted by Crippen LogP contribution is -2.43. The monoisotopic (exact) mass is 230 g/mol. The van der Waals surface area contributed by atoms with Gasteiger partial charge in [0.05, 0.1) is 13.1 Å². The van der Waals surface area contributed by atoms with Crippen molar-refractivity contribution in [3.63, 3.8) is 0 Å². The molecule has 0 atom stereocenters. The lowest BCUT2D eigenvalue weighted by atomic mass is 10.5. The second-order valence-electron chi connectivity index (χ2n) is 2.63. The summed E-state index contributed by atoms with van der Waals surface area (Å²) in [5.74, 6) is 1.05. The first kappa shape index (κ1) is 13.3. The number of carboxylic acid groups (broad SMARTS) is 1. The highest BCUT2D eigenvalue weighted by Gasteiger charge is 2.14. The van der Waals surface area contributed by atoms with Gasteiger partial charge in [-0.1, -0.05) is 24.1 Å². The number of nitrogens with zero attached hydrogens (tertiary/aromatic N) is 1. The van der Waals surface area contributed by atoms with Crippen LogP contribution in [0.1, 0.15) is 0 Å². The zero-order valence-corrected chi connectivity index (χ0v) is 8.75. The molecule has 5 nitrogen and oxygen atoms in total. The van der Waals surface area contributed by atoms with Crippen LogP contribution in [0.2, 0.25) is 0 Å². The topological polar surface area (TPSA) is 69.6 Å². The van der Waals surface area contributed by atoms with Gasteiger partial charge in [-0.25, -0.2) is 4.79 Å². The van der Waals surface area contributed by atoms with E-state index in [1.165, 1.54) is 0 Å². The van der Waals surface area contributed by atoms with Gasteiger partial charge in [0.15, 0.2) is 0 Å². The number of halogens is 1. The molecule has 0 aliphatic rings. The van der Waals surface area contributed by atoms with Gasteiger partial charge in [0.1, 0.15) is 6.54 Å². The molecule has 0 aliphatic heterocycles. The lowest BCUT2D eigenvalue weighted by molar-refractivity contribution is -0.137. The van der Waals surface area contributed by atoms with Gasteiger partial charge in [-0.05, 0) is 0 Å². The number of rotatable bonds is 5. The Kier molecular flexibility index (Phi) is 5.99. The molecule has 2 N–H and O–H groups in total. The molecule has 0 heterocycles. The fourth-order valence-corrected chi connectivity index (χ4v) is 0.823. The van der Waals surface area contributed by atoms with E-state index < -0.39 is 18.5 Å². The quantitative estimate of drug-likeness (QED) is 0.675. The molecule has 0 bridgehead atoms. The van der Waals surface area contributed by atoms with E-state index >= 15 is 0 Å². The van der Waals surface area contributed by atoms with Crippen LogP contribution in [0.25, 0.3) is 0 Å². The summed E-state index contributed by atoms with van der Waals surface area (Å²) in [5, 5.41) is 11.1. The first-order valence-corrected chi connectivity index (χ1v) is 4.36. The Hall–Kier alpha value is -1.67. The zero-order chi connectivity index (χ0) is 11.8. The number of amides is 2. The van der Waals surface area contributed by atoms with Crippen molar-refractivity contribution in [3.8, 4) is 12.3 Å². The molecule has 0 radical (unpaired) electrons. The number of urea groups is 1. The van der Waals surface area contributed by atoms with Crippen LogP contribution in [0.3, 0.4) is 0 Å². The number of carbonyl (C=O) groups excluding carboxylic acids is 1. The van der Waals surface area contributed by atoms with Crippen LogP contribution in [0, 0.1) is 12.3 Å². The molecular weight excluding hydrogens is 220 g/mol. The summed E-state index contributed by atoms with van der Waals surface area (Å²) in [5.41, 5.74) is 0. The van der Waals surface area contributed by atoms with Crippen LogP contribution >= 0.6 is 11.6 Å². The number of terminal acetylenes is 1. The van der Waals surface area contributed by atoms with E-state index in [1.807, 2.05) is 0 Å². The fourth-order valence-electron chi connectivity index (χ4n) is 0.756. The number of carbonyl (C=O) groups is 2. The average Bonchev–Trinajstić information content (AvgIpc) is 2.12. The van der Waals surface area contributed by atoms with Crippen molar-refractivity contribution < 1.29 is 14.7 Å². The van der Waals surface area contributed by atoms with Gasteiger partial charge in [-0.2, -0.15) is 0 Å². The molecule has 0 aromatic heterocycles. The largest absolute Gasteiger partial charge is 0.480 e. The highest BCUT2D eigenvalue weighted by molar-refractivity contribution is 6.29. The van der Waals surface area contributed by atoms with Gasteiger partial charge in [0, 0.05) is 5.03 Å². The van der Waals surface area contributed by atoms with Crippen molar-refractivity contribution in [2.75, 3.05) is 19.6 Å². The molecule has 0 spiro atoms. The molecule has 0 aliphatic carbocycles. The van der Waals surface area contributed by atoms with Crippen molar-refractivity contribution in [3.05, 3.63) is 11.6 Å². The summed E-state index contributed by atoms with van der Waals surface area (Å²) in [4.78, 5) is 22.7. The van der Waals surface area contributed by atoms with E-state index in [0.29, 0.717) is 0 Å². The molecule has 0 aromatic carbocycles. The Morgan fingerprint density at radius 2 is 2.20 bits per heavy atom. The normalized spacial score (nSPS) is 8.80. The number of aliphatic carboxylic acids is 1. The molecule has 6 heteroatoms. The van der Waals surface area contributed by atoms with Crippen molar-refractivity contribution in [2.24, 2.45) is 0 Å². The van der Waals surface area contributed by atoms with Gasteiger partial charge in [-0.3, -0.25) is 4.79 Å². The van der Waals surface area contributed by atoms with E-state index in [0.717, 1.165) is 4.90 Å². The first-order chi connectivity index (χ1) is 6.97. The third-order valence-electron chi connectivity index (χ3n) is 1.33. The maximum Gasteiger partial charge on any atom is 0.323 e. The molecule has 0 rings (SSSR count). The van der Waals surface area contributed by atoms with E-state index in [4.69, 9.17) is 23.1 Å². The molecule has 0 saturated heterocycles. The maximum absolute atomic E-state index is 11.3. The van der Waals surface area contributed by atoms with Crippen LogP contribution in [-0.2, 0) is 4.79 Å². The summed E-state index contributed by atoms with van der Waals surface area (Å²) >= 11 is 5.43. The van der Waals surface area contributed by atoms with Gasteiger partial charge >= 0.3 is 12.0 Å². The number of carboxylic acids is 1. The number of hydrogen-bond acceptors (Lipinski definition) is 2. The Morgan fingerprint density at radius 3 is 2.60 bits per heavy atom. The van der Waals surface area contributed by atoms with E-state index in [-0.39, 0.29) is 18.1 Å². The van der Waals surface area contributed by atoms with Crippen LogP contribution in [0.15, 0.2) is 11.6 Å².